The van der Waals surface area contributed by atoms with Gasteiger partial charge in [-0.1, -0.05) is 0 Å². The Labute approximate surface area is 179 Å². The van der Waals surface area contributed by atoms with Crippen molar-refractivity contribution in [1.29, 1.82) is 0 Å². The number of hydrogen-bond acceptors (Lipinski definition) is 5. The van der Waals surface area contributed by atoms with Crippen molar-refractivity contribution in [1.82, 2.24) is 20.4 Å². The van der Waals surface area contributed by atoms with Crippen molar-refractivity contribution in [3.8, 4) is 0 Å². The summed E-state index contributed by atoms with van der Waals surface area (Å²) in [5.74, 6) is 0.888. The number of aliphatic imine (C=N–C) groups is 1. The summed E-state index contributed by atoms with van der Waals surface area (Å²) < 4.78 is 5.09. The molecule has 0 aromatic carbocycles. The number of thiophene rings is 1. The van der Waals surface area contributed by atoms with Gasteiger partial charge in [0.15, 0.2) is 5.96 Å². The fraction of sp³-hybridized carbons (Fsp3) is 0.722. The predicted molar refractivity (Wildman–Crippen MR) is 122 cm³/mol. The van der Waals surface area contributed by atoms with Gasteiger partial charge in [0.1, 0.15) is 0 Å². The van der Waals surface area contributed by atoms with Crippen molar-refractivity contribution in [3.63, 3.8) is 0 Å². The molecular formula is C18H34IN5OS. The number of methoxy groups -OCH3 is 1. The van der Waals surface area contributed by atoms with E-state index in [1.807, 2.05) is 18.4 Å². The van der Waals surface area contributed by atoms with Crippen LogP contribution in [0.4, 0.5) is 0 Å². The van der Waals surface area contributed by atoms with E-state index in [-0.39, 0.29) is 24.0 Å². The van der Waals surface area contributed by atoms with E-state index in [2.05, 4.69) is 43.9 Å². The summed E-state index contributed by atoms with van der Waals surface area (Å²) in [5, 5.41) is 9.02. The maximum atomic E-state index is 5.09. The van der Waals surface area contributed by atoms with Gasteiger partial charge in [0.05, 0.1) is 0 Å². The molecule has 6 nitrogen and oxygen atoms in total. The topological polar surface area (TPSA) is 52.1 Å². The summed E-state index contributed by atoms with van der Waals surface area (Å²) in [6.45, 7) is 7.98. The molecule has 1 aromatic heterocycles. The Morgan fingerprint density at radius 3 is 2.92 bits per heavy atom. The third kappa shape index (κ3) is 8.51. The lowest BCUT2D eigenvalue weighted by Crippen LogP contribution is -2.44. The zero-order valence-electron chi connectivity index (χ0n) is 16.3. The van der Waals surface area contributed by atoms with Gasteiger partial charge >= 0.3 is 0 Å². The largest absolute Gasteiger partial charge is 0.385 e. The normalized spacial score (nSPS) is 14.8. The van der Waals surface area contributed by atoms with E-state index in [4.69, 9.17) is 4.74 Å². The van der Waals surface area contributed by atoms with Crippen LogP contribution in [0.15, 0.2) is 16.4 Å². The van der Waals surface area contributed by atoms with Crippen LogP contribution in [0.1, 0.15) is 16.9 Å². The Balaban J connectivity index is 0.00000338. The van der Waals surface area contributed by atoms with Crippen molar-refractivity contribution < 1.29 is 4.74 Å². The molecule has 0 atom stereocenters. The van der Waals surface area contributed by atoms with Gasteiger partial charge in [-0.2, -0.15) is 0 Å². The second kappa shape index (κ2) is 13.7. The third-order valence-corrected chi connectivity index (χ3v) is 5.53. The van der Waals surface area contributed by atoms with E-state index >= 15 is 0 Å². The fourth-order valence-electron chi connectivity index (χ4n) is 3.01. The molecule has 1 aromatic rings. The molecule has 0 radical (unpaired) electrons. The van der Waals surface area contributed by atoms with Gasteiger partial charge in [-0.15, -0.1) is 35.3 Å². The first kappa shape index (κ1) is 23.6. The molecule has 1 aliphatic rings. The molecule has 0 saturated carbocycles. The predicted octanol–water partition coefficient (Wildman–Crippen LogP) is 1.86. The number of likely N-dealkylation sites (N-methyl/N-ethyl adjacent to an activating group) is 1. The van der Waals surface area contributed by atoms with Crippen LogP contribution in [0.25, 0.3) is 0 Å². The molecule has 150 valence electrons. The molecule has 0 spiro atoms. The monoisotopic (exact) mass is 495 g/mol. The van der Waals surface area contributed by atoms with Gasteiger partial charge in [0, 0.05) is 71.5 Å². The molecule has 0 unspecified atom stereocenters. The van der Waals surface area contributed by atoms with Crippen LogP contribution in [0.2, 0.25) is 0 Å². The van der Waals surface area contributed by atoms with E-state index in [0.717, 1.165) is 64.8 Å². The van der Waals surface area contributed by atoms with Crippen LogP contribution in [-0.2, 0) is 17.7 Å². The minimum atomic E-state index is 0. The first-order valence-electron chi connectivity index (χ1n) is 9.12. The maximum absolute atomic E-state index is 5.09. The smallest absolute Gasteiger partial charge is 0.191 e. The first-order valence-corrected chi connectivity index (χ1v) is 10.0. The minimum absolute atomic E-state index is 0. The molecule has 0 fully saturated rings. The molecule has 2 N–H and O–H groups in total. The number of guanidine groups is 1. The van der Waals surface area contributed by atoms with Gasteiger partial charge in [-0.25, -0.2) is 0 Å². The lowest BCUT2D eigenvalue weighted by molar-refractivity contribution is 0.180. The molecular weight excluding hydrogens is 461 g/mol. The van der Waals surface area contributed by atoms with Gasteiger partial charge in [0.2, 0.25) is 0 Å². The van der Waals surface area contributed by atoms with Crippen LogP contribution in [0.3, 0.4) is 0 Å². The Morgan fingerprint density at radius 2 is 2.15 bits per heavy atom. The van der Waals surface area contributed by atoms with Crippen LogP contribution in [-0.4, -0.2) is 82.8 Å². The highest BCUT2D eigenvalue weighted by Gasteiger charge is 2.16. The number of hydrogen-bond donors (Lipinski definition) is 2. The minimum Gasteiger partial charge on any atom is -0.385 e. The van der Waals surface area contributed by atoms with Crippen LogP contribution in [0.5, 0.6) is 0 Å². The van der Waals surface area contributed by atoms with Gasteiger partial charge < -0.3 is 20.3 Å². The number of fused-ring (bicyclic) bond motifs is 1. The molecule has 2 heterocycles. The standard InChI is InChI=1S/C18H33N5OS.HI/c1-19-18(20-7-11-22(2)9-4-13-24-3)21-8-12-23-10-5-17-16(15-23)6-14-25-17;/h6,14H,4-5,7-13,15H2,1-3H3,(H2,19,20,21);1H. The summed E-state index contributed by atoms with van der Waals surface area (Å²) in [7, 11) is 5.72. The second-order valence-corrected chi connectivity index (χ2v) is 7.47. The molecule has 2 rings (SSSR count). The van der Waals surface area contributed by atoms with Gasteiger partial charge in [0.25, 0.3) is 0 Å². The number of nitrogens with zero attached hydrogens (tertiary/aromatic N) is 3. The highest BCUT2D eigenvalue weighted by Crippen LogP contribution is 2.23. The zero-order chi connectivity index (χ0) is 17.9. The van der Waals surface area contributed by atoms with E-state index < -0.39 is 0 Å². The average Bonchev–Trinajstić information content (AvgIpc) is 3.08. The number of nitrogens with one attached hydrogen (secondary N) is 2. The Kier molecular flexibility index (Phi) is 12.4. The summed E-state index contributed by atoms with van der Waals surface area (Å²) in [6, 6.07) is 2.27. The average molecular weight is 495 g/mol. The lowest BCUT2D eigenvalue weighted by Gasteiger charge is -2.27. The molecule has 0 amide bonds. The van der Waals surface area contributed by atoms with E-state index in [0.29, 0.717) is 0 Å². The first-order chi connectivity index (χ1) is 12.2. The highest BCUT2D eigenvalue weighted by molar-refractivity contribution is 14.0. The Hall–Kier alpha value is -0.420. The summed E-state index contributed by atoms with van der Waals surface area (Å²) in [6.07, 6.45) is 2.26. The number of rotatable bonds is 10. The fourth-order valence-corrected chi connectivity index (χ4v) is 3.90. The molecule has 8 heteroatoms. The molecule has 0 saturated heterocycles. The quantitative estimate of drug-likeness (QED) is 0.225. The molecule has 0 aliphatic carbocycles. The van der Waals surface area contributed by atoms with E-state index in [1.54, 1.807) is 12.0 Å². The number of ether oxygens (including phenoxy) is 1. The summed E-state index contributed by atoms with van der Waals surface area (Å²) in [4.78, 5) is 10.7. The van der Waals surface area contributed by atoms with E-state index in [1.165, 1.54) is 12.0 Å². The molecule has 26 heavy (non-hydrogen) atoms. The third-order valence-electron chi connectivity index (χ3n) is 4.51. The lowest BCUT2D eigenvalue weighted by atomic mass is 10.1. The van der Waals surface area contributed by atoms with Crippen molar-refractivity contribution >= 4 is 41.3 Å². The SMILES string of the molecule is CN=C(NCCN(C)CCCOC)NCCN1CCc2sccc2C1.I. The summed E-state index contributed by atoms with van der Waals surface area (Å²) in [5.41, 5.74) is 1.51. The van der Waals surface area contributed by atoms with Crippen molar-refractivity contribution in [3.05, 3.63) is 21.9 Å². The Bertz CT molecular complexity index is 525. The van der Waals surface area contributed by atoms with Gasteiger partial charge in [-0.05, 0) is 36.9 Å². The van der Waals surface area contributed by atoms with Crippen molar-refractivity contribution in [2.24, 2.45) is 4.99 Å². The van der Waals surface area contributed by atoms with Crippen molar-refractivity contribution in [2.45, 2.75) is 19.4 Å². The summed E-state index contributed by atoms with van der Waals surface area (Å²) >= 11 is 1.89. The zero-order valence-corrected chi connectivity index (χ0v) is 19.4. The van der Waals surface area contributed by atoms with Crippen LogP contribution >= 0.6 is 35.3 Å². The number of halogens is 1. The van der Waals surface area contributed by atoms with Crippen molar-refractivity contribution in [2.75, 3.05) is 67.1 Å². The molecule has 0 bridgehead atoms. The second-order valence-electron chi connectivity index (χ2n) is 6.47. The van der Waals surface area contributed by atoms with E-state index in [9.17, 15) is 0 Å². The van der Waals surface area contributed by atoms with Crippen LogP contribution < -0.4 is 10.6 Å². The maximum Gasteiger partial charge on any atom is 0.191 e. The highest BCUT2D eigenvalue weighted by atomic mass is 127. The van der Waals surface area contributed by atoms with Crippen LogP contribution in [0, 0.1) is 0 Å². The molecule has 1 aliphatic heterocycles. The van der Waals surface area contributed by atoms with Gasteiger partial charge in [-0.3, -0.25) is 9.89 Å². The Morgan fingerprint density at radius 1 is 1.35 bits per heavy atom.